The summed E-state index contributed by atoms with van der Waals surface area (Å²) in [5, 5.41) is 21.9. The van der Waals surface area contributed by atoms with Crippen molar-refractivity contribution >= 4 is 33.9 Å². The van der Waals surface area contributed by atoms with Crippen LogP contribution in [0.1, 0.15) is 17.8 Å². The lowest BCUT2D eigenvalue weighted by Crippen LogP contribution is -2.58. The molecule has 1 aromatic heterocycles. The third kappa shape index (κ3) is 5.29. The minimum absolute atomic E-state index is 0.00547. The Hall–Kier alpha value is -3.75. The fraction of sp³-hybridized carbons (Fsp3) is 0.111. The summed E-state index contributed by atoms with van der Waals surface area (Å²) in [6, 6.07) is 10.1. The Morgan fingerprint density at radius 2 is 1.56 bits per heavy atom. The summed E-state index contributed by atoms with van der Waals surface area (Å²) in [6.45, 7) is 0.429. The van der Waals surface area contributed by atoms with Gasteiger partial charge in [-0.05, 0) is 41.8 Å². The van der Waals surface area contributed by atoms with Crippen LogP contribution in [0.2, 0.25) is 0 Å². The van der Waals surface area contributed by atoms with Crippen molar-refractivity contribution in [1.29, 1.82) is 0 Å². The number of nitro benzene ring substituents is 2. The molecule has 0 aliphatic carbocycles. The van der Waals surface area contributed by atoms with E-state index in [2.05, 4.69) is 4.98 Å². The van der Waals surface area contributed by atoms with E-state index in [9.17, 15) is 25.0 Å². The third-order valence-corrected chi connectivity index (χ3v) is 4.49. The molecular weight excluding hydrogens is 452 g/mol. The molecule has 0 unspecified atom stereocenters. The lowest BCUT2D eigenvalue weighted by atomic mass is 10.1. The molecule has 166 valence electrons. The lowest BCUT2D eigenvalue weighted by Gasteiger charge is -2.05. The number of halogens is 1. The summed E-state index contributed by atoms with van der Waals surface area (Å²) < 4.78 is 34.2. The Balaban J connectivity index is 0.000000523. The van der Waals surface area contributed by atoms with Crippen molar-refractivity contribution in [3.63, 3.8) is 0 Å². The van der Waals surface area contributed by atoms with Crippen LogP contribution in [0.4, 0.5) is 11.4 Å². The van der Waals surface area contributed by atoms with Crippen LogP contribution < -0.4 is 19.5 Å². The van der Waals surface area contributed by atoms with Gasteiger partial charge in [0.25, 0.3) is 16.9 Å². The normalized spacial score (nSPS) is 14.1. The number of aromatic nitrogens is 2. The van der Waals surface area contributed by atoms with Crippen molar-refractivity contribution in [3.8, 4) is 0 Å². The maximum atomic E-state index is 12.7. The molecule has 2 heterocycles. The zero-order valence-electron chi connectivity index (χ0n) is 15.9. The van der Waals surface area contributed by atoms with Gasteiger partial charge in [-0.25, -0.2) is 4.98 Å². The SMILES string of the molecule is O=c1c2cc([N+](=O)[O-])ccc2nc2n1CC/C2=C\c1ccc([N+](=O)[O-])cc1.[O-][Cl+3]([O-])([O-])O. The molecule has 0 atom stereocenters. The van der Waals surface area contributed by atoms with E-state index in [0.29, 0.717) is 24.3 Å². The van der Waals surface area contributed by atoms with Crippen molar-refractivity contribution < 1.29 is 38.7 Å². The maximum Gasteiger partial charge on any atom is 0.270 e. The highest BCUT2D eigenvalue weighted by atomic mass is 35.7. The molecule has 0 saturated heterocycles. The van der Waals surface area contributed by atoms with Gasteiger partial charge in [-0.15, -0.1) is 0 Å². The quantitative estimate of drug-likeness (QED) is 0.370. The minimum atomic E-state index is -4.69. The third-order valence-electron chi connectivity index (χ3n) is 4.49. The van der Waals surface area contributed by atoms with E-state index >= 15 is 0 Å². The molecule has 14 heteroatoms. The molecule has 32 heavy (non-hydrogen) atoms. The van der Waals surface area contributed by atoms with Crippen molar-refractivity contribution in [2.24, 2.45) is 0 Å². The first-order valence-corrected chi connectivity index (χ1v) is 9.98. The first-order chi connectivity index (χ1) is 14.9. The monoisotopic (exact) mass is 464 g/mol. The zero-order chi connectivity index (χ0) is 23.6. The van der Waals surface area contributed by atoms with Gasteiger partial charge in [-0.3, -0.25) is 29.6 Å². The van der Waals surface area contributed by atoms with Crippen LogP contribution in [0, 0.1) is 30.5 Å². The molecule has 13 nitrogen and oxygen atoms in total. The maximum absolute atomic E-state index is 12.7. The van der Waals surface area contributed by atoms with Gasteiger partial charge in [0.2, 0.25) is 0 Å². The smallest absolute Gasteiger partial charge is 0.270 e. The predicted molar refractivity (Wildman–Crippen MR) is 100 cm³/mol. The summed E-state index contributed by atoms with van der Waals surface area (Å²) in [7, 11) is -4.69. The molecule has 1 N–H and O–H groups in total. The molecule has 1 aliphatic rings. The molecule has 0 saturated carbocycles. The van der Waals surface area contributed by atoms with Crippen molar-refractivity contribution in [2.75, 3.05) is 0 Å². The van der Waals surface area contributed by atoms with Crippen molar-refractivity contribution in [1.82, 2.24) is 9.55 Å². The first kappa shape index (κ1) is 22.9. The fourth-order valence-electron chi connectivity index (χ4n) is 3.15. The van der Waals surface area contributed by atoms with Crippen LogP contribution in [-0.2, 0) is 6.54 Å². The van der Waals surface area contributed by atoms with Gasteiger partial charge in [0.15, 0.2) is 0 Å². The number of rotatable bonds is 3. The number of nitrogens with zero attached hydrogens (tertiary/aromatic N) is 4. The van der Waals surface area contributed by atoms with Crippen LogP contribution in [0.25, 0.3) is 22.6 Å². The second-order valence-corrected chi connectivity index (χ2v) is 7.31. The number of non-ortho nitro benzene ring substituents is 2. The van der Waals surface area contributed by atoms with E-state index in [4.69, 9.17) is 18.6 Å². The van der Waals surface area contributed by atoms with Gasteiger partial charge in [-0.2, -0.15) is 14.0 Å². The topological polar surface area (TPSA) is 211 Å². The van der Waals surface area contributed by atoms with Crippen LogP contribution in [0.15, 0.2) is 47.3 Å². The molecule has 4 rings (SSSR count). The molecule has 0 amide bonds. The number of hydrogen-bond donors (Lipinski definition) is 1. The van der Waals surface area contributed by atoms with Crippen LogP contribution in [0.3, 0.4) is 0 Å². The number of benzene rings is 2. The summed E-state index contributed by atoms with van der Waals surface area (Å²) in [5.74, 6) is 0.514. The Morgan fingerprint density at radius 1 is 1.00 bits per heavy atom. The minimum Gasteiger partial charge on any atom is -0.292 e. The Labute approximate surface area is 180 Å². The van der Waals surface area contributed by atoms with Crippen LogP contribution >= 0.6 is 0 Å². The molecule has 0 bridgehead atoms. The Bertz CT molecular complexity index is 1290. The predicted octanol–water partition coefficient (Wildman–Crippen LogP) is -0.967. The molecule has 1 aliphatic heterocycles. The number of nitro groups is 2. The van der Waals surface area contributed by atoms with E-state index in [0.717, 1.165) is 11.1 Å². The highest BCUT2D eigenvalue weighted by Crippen LogP contribution is 2.28. The lowest BCUT2D eigenvalue weighted by molar-refractivity contribution is -1.92. The molecule has 3 aromatic rings. The summed E-state index contributed by atoms with van der Waals surface area (Å²) >= 11 is 0. The first-order valence-electron chi connectivity index (χ1n) is 8.71. The zero-order valence-corrected chi connectivity index (χ0v) is 16.7. The average Bonchev–Trinajstić information content (AvgIpc) is 3.10. The summed E-state index contributed by atoms with van der Waals surface area (Å²) in [6.07, 6.45) is 2.42. The summed E-state index contributed by atoms with van der Waals surface area (Å²) in [4.78, 5) is 37.9. The van der Waals surface area contributed by atoms with E-state index < -0.39 is 20.1 Å². The Kier molecular flexibility index (Phi) is 6.29. The van der Waals surface area contributed by atoms with Gasteiger partial charge in [0, 0.05) is 30.8 Å². The van der Waals surface area contributed by atoms with Crippen LogP contribution in [0.5, 0.6) is 0 Å². The van der Waals surface area contributed by atoms with Gasteiger partial charge in [0.05, 0.1) is 35.7 Å². The Morgan fingerprint density at radius 3 is 2.12 bits per heavy atom. The van der Waals surface area contributed by atoms with Gasteiger partial charge in [-0.1, -0.05) is 0 Å². The van der Waals surface area contributed by atoms with E-state index in [1.807, 2.05) is 6.08 Å². The largest absolute Gasteiger partial charge is 0.292 e. The number of allylic oxidation sites excluding steroid dienone is 1. The van der Waals surface area contributed by atoms with Crippen LogP contribution in [-0.4, -0.2) is 24.1 Å². The van der Waals surface area contributed by atoms with Gasteiger partial charge in [0.1, 0.15) is 5.82 Å². The van der Waals surface area contributed by atoms with Gasteiger partial charge < -0.3 is 0 Å². The molecular formula is C18H13ClN4O9. The molecule has 0 spiro atoms. The standard InChI is InChI=1S/C18H12N4O5.ClHO4/c23-18-15-10-14(22(26)27)5-6-16(15)19-17-12(7-8-20(17)18)9-11-1-3-13(4-2-11)21(24)25;2-1(3,4)5/h1-6,9-10H,7-8H2;(H,2,3,4,5)/b12-9+;. The van der Waals surface area contributed by atoms with Gasteiger partial charge >= 0.3 is 0 Å². The van der Waals surface area contributed by atoms with E-state index in [-0.39, 0.29) is 22.3 Å². The van der Waals surface area contributed by atoms with E-state index in [1.54, 1.807) is 12.1 Å². The van der Waals surface area contributed by atoms with E-state index in [1.165, 1.54) is 34.9 Å². The average molecular weight is 465 g/mol. The fourth-order valence-corrected chi connectivity index (χ4v) is 3.15. The second kappa shape index (κ2) is 8.78. The molecule has 0 radical (unpaired) electrons. The second-order valence-electron chi connectivity index (χ2n) is 6.51. The number of fused-ring (bicyclic) bond motifs is 2. The number of hydrogen-bond acceptors (Lipinski definition) is 10. The van der Waals surface area contributed by atoms with Crippen molar-refractivity contribution in [2.45, 2.75) is 13.0 Å². The molecule has 0 fully saturated rings. The highest BCUT2D eigenvalue weighted by Gasteiger charge is 2.22. The summed E-state index contributed by atoms with van der Waals surface area (Å²) in [5.41, 5.74) is 1.54. The van der Waals surface area contributed by atoms with Crippen molar-refractivity contribution in [3.05, 3.63) is 84.4 Å². The highest BCUT2D eigenvalue weighted by molar-refractivity contribution is 5.85. The molecule has 2 aromatic carbocycles.